The van der Waals surface area contributed by atoms with Crippen molar-refractivity contribution in [3.8, 4) is 0 Å². The van der Waals surface area contributed by atoms with Crippen molar-refractivity contribution in [3.63, 3.8) is 0 Å². The van der Waals surface area contributed by atoms with Gasteiger partial charge in [0.1, 0.15) is 0 Å². The molecule has 0 saturated carbocycles. The summed E-state index contributed by atoms with van der Waals surface area (Å²) in [4.78, 5) is 0. The van der Waals surface area contributed by atoms with Gasteiger partial charge in [0.25, 0.3) is 0 Å². The van der Waals surface area contributed by atoms with E-state index < -0.39 is 0 Å². The third-order valence-electron chi connectivity index (χ3n) is 4.31. The molecule has 0 fully saturated rings. The molecule has 0 saturated heterocycles. The number of rotatable bonds is 12. The van der Waals surface area contributed by atoms with Crippen LogP contribution in [0.1, 0.15) is 91.4 Å². The largest absolute Gasteiger partial charge is 0.186 e. The van der Waals surface area contributed by atoms with Crippen LogP contribution < -0.4 is 0 Å². The lowest BCUT2D eigenvalue weighted by molar-refractivity contribution is 0.239. The van der Waals surface area contributed by atoms with Gasteiger partial charge < -0.3 is 0 Å². The second-order valence-corrected chi connectivity index (χ2v) is 6.23. The maximum atomic E-state index is 4.21. The Morgan fingerprint density at radius 3 is 1.61 bits per heavy atom. The fraction of sp³-hybridized carbons (Fsp3) is 1.00. The van der Waals surface area contributed by atoms with E-state index in [0.717, 1.165) is 0 Å². The smallest absolute Gasteiger partial charge is 0.162 e. The average Bonchev–Trinajstić information content (AvgIpc) is 3.19. The summed E-state index contributed by atoms with van der Waals surface area (Å²) < 4.78 is 0. The van der Waals surface area contributed by atoms with Crippen LogP contribution in [0.25, 0.3) is 0 Å². The molecule has 1 rings (SSSR count). The van der Waals surface area contributed by atoms with Gasteiger partial charge in [-0.05, 0) is 12.8 Å². The lowest BCUT2D eigenvalue weighted by Gasteiger charge is -2.27. The minimum Gasteiger partial charge on any atom is -0.162 e. The van der Waals surface area contributed by atoms with Gasteiger partial charge in [-0.25, -0.2) is 0 Å². The Hall–Kier alpha value is -0.400. The summed E-state index contributed by atoms with van der Waals surface area (Å²) in [6.45, 7) is 6.96. The van der Waals surface area contributed by atoms with Crippen LogP contribution in [0.3, 0.4) is 0 Å². The van der Waals surface area contributed by atoms with Crippen LogP contribution in [0.4, 0.5) is 0 Å². The molecule has 0 amide bonds. The molecule has 0 aromatic carbocycles. The summed E-state index contributed by atoms with van der Waals surface area (Å²) >= 11 is 0. The van der Waals surface area contributed by atoms with E-state index in [1.54, 1.807) is 0 Å². The lowest BCUT2D eigenvalue weighted by atomic mass is 9.78. The molecule has 18 heavy (non-hydrogen) atoms. The molecule has 0 N–H and O–H groups in total. The van der Waals surface area contributed by atoms with Gasteiger partial charge in [0, 0.05) is 5.41 Å². The fourth-order valence-electron chi connectivity index (χ4n) is 2.78. The zero-order valence-corrected chi connectivity index (χ0v) is 12.7. The molecule has 1 heterocycles. The van der Waals surface area contributed by atoms with Gasteiger partial charge in [0.2, 0.25) is 0 Å². The van der Waals surface area contributed by atoms with Crippen molar-refractivity contribution in [2.75, 3.05) is 0 Å². The Balaban J connectivity index is 2.16. The lowest BCUT2D eigenvalue weighted by Crippen LogP contribution is -2.23. The Morgan fingerprint density at radius 1 is 0.722 bits per heavy atom. The number of nitrogens with zero attached hydrogens (tertiary/aromatic N) is 2. The van der Waals surface area contributed by atoms with E-state index >= 15 is 0 Å². The zero-order chi connectivity index (χ0) is 13.3. The first-order valence-corrected chi connectivity index (χ1v) is 8.13. The highest BCUT2D eigenvalue weighted by Crippen LogP contribution is 2.42. The first-order valence-electron chi connectivity index (χ1n) is 8.13. The number of unbranched alkanes of at least 4 members (excludes halogenated alkanes) is 7. The van der Waals surface area contributed by atoms with Crippen LogP contribution in [-0.2, 0) is 0 Å². The first-order chi connectivity index (χ1) is 8.73. The second-order valence-electron chi connectivity index (χ2n) is 6.23. The van der Waals surface area contributed by atoms with Crippen molar-refractivity contribution >= 4 is 0 Å². The van der Waals surface area contributed by atoms with E-state index in [1.165, 1.54) is 70.6 Å². The highest BCUT2D eigenvalue weighted by molar-refractivity contribution is 4.90. The van der Waals surface area contributed by atoms with Gasteiger partial charge in [-0.1, -0.05) is 78.6 Å². The third kappa shape index (κ3) is 5.97. The topological polar surface area (TPSA) is 24.7 Å². The van der Waals surface area contributed by atoms with Crippen LogP contribution in [-0.4, -0.2) is 6.17 Å². The van der Waals surface area contributed by atoms with E-state index in [2.05, 4.69) is 31.0 Å². The van der Waals surface area contributed by atoms with Crippen LogP contribution in [0.15, 0.2) is 10.2 Å². The van der Waals surface area contributed by atoms with E-state index in [0.29, 0.717) is 11.6 Å². The summed E-state index contributed by atoms with van der Waals surface area (Å²) in [5.41, 5.74) is 0.375. The molecule has 1 atom stereocenters. The third-order valence-corrected chi connectivity index (χ3v) is 4.31. The van der Waals surface area contributed by atoms with Gasteiger partial charge in [-0.2, -0.15) is 10.2 Å². The van der Waals surface area contributed by atoms with Crippen LogP contribution in [0, 0.1) is 5.41 Å². The molecule has 0 bridgehead atoms. The zero-order valence-electron chi connectivity index (χ0n) is 12.7. The van der Waals surface area contributed by atoms with Crippen LogP contribution in [0.5, 0.6) is 0 Å². The van der Waals surface area contributed by atoms with Crippen LogP contribution in [0.2, 0.25) is 0 Å². The van der Waals surface area contributed by atoms with E-state index in [9.17, 15) is 0 Å². The molecule has 0 aromatic heterocycles. The highest BCUT2D eigenvalue weighted by Gasteiger charge is 2.39. The quantitative estimate of drug-likeness (QED) is 0.374. The second kappa shape index (κ2) is 8.66. The minimum absolute atomic E-state index is 0.338. The van der Waals surface area contributed by atoms with Crippen LogP contribution >= 0.6 is 0 Å². The van der Waals surface area contributed by atoms with E-state index in [-0.39, 0.29) is 0 Å². The molecule has 0 spiro atoms. The molecular formula is C16H32N2. The first kappa shape index (κ1) is 15.7. The van der Waals surface area contributed by atoms with Gasteiger partial charge in [-0.3, -0.25) is 0 Å². The van der Waals surface area contributed by atoms with Gasteiger partial charge in [0.05, 0.1) is 0 Å². The highest BCUT2D eigenvalue weighted by atomic mass is 15.4. The Morgan fingerprint density at radius 2 is 1.17 bits per heavy atom. The molecule has 106 valence electrons. The SMILES string of the molecule is CCCCCCCC(C)(CCCCCC)C1N=N1. The Bertz CT molecular complexity index is 231. The van der Waals surface area contributed by atoms with Crippen molar-refractivity contribution in [2.45, 2.75) is 97.6 Å². The molecule has 1 aliphatic heterocycles. The van der Waals surface area contributed by atoms with E-state index in [4.69, 9.17) is 0 Å². The summed E-state index contributed by atoms with van der Waals surface area (Å²) in [6, 6.07) is 0. The van der Waals surface area contributed by atoms with Crippen molar-refractivity contribution in [1.82, 2.24) is 0 Å². The van der Waals surface area contributed by atoms with Crippen molar-refractivity contribution < 1.29 is 0 Å². The number of hydrogen-bond donors (Lipinski definition) is 0. The molecule has 0 aromatic rings. The maximum Gasteiger partial charge on any atom is 0.186 e. The summed E-state index contributed by atoms with van der Waals surface area (Å²) in [7, 11) is 0. The summed E-state index contributed by atoms with van der Waals surface area (Å²) in [6.07, 6.45) is 15.3. The normalized spacial score (nSPS) is 17.9. The van der Waals surface area contributed by atoms with Crippen molar-refractivity contribution in [2.24, 2.45) is 15.6 Å². The number of hydrogen-bond acceptors (Lipinski definition) is 2. The Kier molecular flexibility index (Phi) is 7.53. The molecule has 0 aliphatic carbocycles. The van der Waals surface area contributed by atoms with Crippen molar-refractivity contribution in [1.29, 1.82) is 0 Å². The van der Waals surface area contributed by atoms with Gasteiger partial charge in [0.15, 0.2) is 6.17 Å². The summed E-state index contributed by atoms with van der Waals surface area (Å²) in [5.74, 6) is 0. The van der Waals surface area contributed by atoms with Gasteiger partial charge >= 0.3 is 0 Å². The average molecular weight is 252 g/mol. The maximum absolute atomic E-state index is 4.21. The fourth-order valence-corrected chi connectivity index (χ4v) is 2.78. The molecular weight excluding hydrogens is 220 g/mol. The van der Waals surface area contributed by atoms with Gasteiger partial charge in [-0.15, -0.1) is 0 Å². The van der Waals surface area contributed by atoms with Crippen molar-refractivity contribution in [3.05, 3.63) is 0 Å². The molecule has 0 radical (unpaired) electrons. The molecule has 1 unspecified atom stereocenters. The predicted molar refractivity (Wildman–Crippen MR) is 78.9 cm³/mol. The monoisotopic (exact) mass is 252 g/mol. The Labute approximate surface area is 114 Å². The summed E-state index contributed by atoms with van der Waals surface area (Å²) in [5, 5.41) is 8.43. The molecule has 2 nitrogen and oxygen atoms in total. The minimum atomic E-state index is 0.338. The predicted octanol–water partition coefficient (Wildman–Crippen LogP) is 6.12. The van der Waals surface area contributed by atoms with E-state index in [1.807, 2.05) is 0 Å². The molecule has 1 aliphatic rings. The standard InChI is InChI=1S/C16H32N2/c1-4-6-8-10-12-14-16(3,15-17-18-15)13-11-9-7-5-2/h15H,4-14H2,1-3H3. The molecule has 2 heteroatoms.